The molecule has 1 fully saturated rings. The van der Waals surface area contributed by atoms with Gasteiger partial charge in [0.2, 0.25) is 0 Å². The Morgan fingerprint density at radius 2 is 2.21 bits per heavy atom. The van der Waals surface area contributed by atoms with Crippen LogP contribution in [0.2, 0.25) is 0 Å². The summed E-state index contributed by atoms with van der Waals surface area (Å²) in [7, 11) is 0. The highest BCUT2D eigenvalue weighted by molar-refractivity contribution is 8.13. The van der Waals surface area contributed by atoms with E-state index in [0.717, 1.165) is 17.0 Å². The molecule has 3 rings (SSSR count). The quantitative estimate of drug-likeness (QED) is 0.574. The Kier molecular flexibility index (Phi) is 5.61. The van der Waals surface area contributed by atoms with Crippen LogP contribution in [0.3, 0.4) is 0 Å². The average molecular weight is 425 g/mol. The van der Waals surface area contributed by atoms with E-state index in [9.17, 15) is 24.4 Å². The van der Waals surface area contributed by atoms with Gasteiger partial charge in [-0.2, -0.15) is 0 Å². The van der Waals surface area contributed by atoms with Gasteiger partial charge in [0.15, 0.2) is 5.17 Å². The van der Waals surface area contributed by atoms with E-state index in [1.165, 1.54) is 17.8 Å². The second kappa shape index (κ2) is 7.56. The molecule has 1 saturated heterocycles. The lowest BCUT2D eigenvalue weighted by Gasteiger charge is -2.41. The van der Waals surface area contributed by atoms with Gasteiger partial charge >= 0.3 is 6.09 Å². The number of non-ortho nitro benzene ring substituents is 1. The lowest BCUT2D eigenvalue weighted by Crippen LogP contribution is -2.51. The van der Waals surface area contributed by atoms with E-state index >= 15 is 0 Å². The maximum Gasteiger partial charge on any atom is 0.413 e. The van der Waals surface area contributed by atoms with Gasteiger partial charge in [0.1, 0.15) is 11.4 Å². The summed E-state index contributed by atoms with van der Waals surface area (Å²) in [6, 6.07) is 3.37. The number of aliphatic imine (C=N–C) groups is 1. The number of amides is 1. The Hall–Kier alpha value is -2.20. The molecule has 8 nitrogen and oxygen atoms in total. The number of halogens is 1. The van der Waals surface area contributed by atoms with Crippen molar-refractivity contribution in [3.8, 4) is 0 Å². The summed E-state index contributed by atoms with van der Waals surface area (Å²) in [6.07, 6.45) is -0.682. The molecule has 0 aromatic heterocycles. The highest BCUT2D eigenvalue weighted by Gasteiger charge is 2.55. The molecule has 1 N–H and O–H groups in total. The smallest absolute Gasteiger partial charge is 0.413 e. The number of benzene rings is 1. The fraction of sp³-hybridized carbons (Fsp3) is 0.579. The minimum atomic E-state index is -1.21. The first-order chi connectivity index (χ1) is 13.5. The molecule has 0 unspecified atom stereocenters. The standard InChI is InChI=1S/C19H24FN3O5S/c1-5-15-13-9-29-16(22(17(24)25)18(2,3)4)21-19(13,10-28-15)12-8-11(23(26)27)6-7-14(12)20/h6-8,13,15H,5,9-10H2,1-4H3,(H,24,25)/t13-,15+,19+/m1/s1. The number of amidine groups is 1. The second-order valence-corrected chi connectivity index (χ2v) is 9.19. The highest BCUT2D eigenvalue weighted by atomic mass is 32.2. The first kappa shape index (κ1) is 21.5. The Morgan fingerprint density at radius 3 is 2.76 bits per heavy atom. The molecule has 3 atom stereocenters. The van der Waals surface area contributed by atoms with Crippen molar-refractivity contribution in [2.45, 2.75) is 51.3 Å². The Morgan fingerprint density at radius 1 is 1.52 bits per heavy atom. The summed E-state index contributed by atoms with van der Waals surface area (Å²) in [5.74, 6) is -0.374. The number of thioether (sulfide) groups is 1. The molecule has 2 heterocycles. The molecule has 2 aliphatic rings. The van der Waals surface area contributed by atoms with Crippen molar-refractivity contribution in [1.82, 2.24) is 4.90 Å². The Labute approximate surface area is 172 Å². The topological polar surface area (TPSA) is 105 Å². The van der Waals surface area contributed by atoms with E-state index in [0.29, 0.717) is 12.2 Å². The van der Waals surface area contributed by atoms with E-state index in [1.54, 1.807) is 20.8 Å². The summed E-state index contributed by atoms with van der Waals surface area (Å²) >= 11 is 1.29. The molecule has 0 aliphatic carbocycles. The third kappa shape index (κ3) is 3.71. The van der Waals surface area contributed by atoms with Gasteiger partial charge in [-0.15, -0.1) is 0 Å². The van der Waals surface area contributed by atoms with Crippen molar-refractivity contribution < 1.29 is 24.0 Å². The van der Waals surface area contributed by atoms with Gasteiger partial charge < -0.3 is 9.84 Å². The van der Waals surface area contributed by atoms with Gasteiger partial charge in [-0.1, -0.05) is 18.7 Å². The molecular weight excluding hydrogens is 401 g/mol. The molecule has 0 radical (unpaired) electrons. The molecule has 1 aromatic carbocycles. The minimum Gasteiger partial charge on any atom is -0.465 e. The number of carboxylic acid groups (broad SMARTS) is 1. The lowest BCUT2D eigenvalue weighted by atomic mass is 9.78. The van der Waals surface area contributed by atoms with Crippen molar-refractivity contribution in [3.05, 3.63) is 39.7 Å². The number of rotatable bonds is 3. The van der Waals surface area contributed by atoms with Crippen LogP contribution in [0.4, 0.5) is 14.9 Å². The minimum absolute atomic E-state index is 0.0376. The number of carbonyl (C=O) groups is 1. The van der Waals surface area contributed by atoms with Crippen LogP contribution in [0.1, 0.15) is 39.7 Å². The fourth-order valence-corrected chi connectivity index (χ4v) is 5.49. The number of hydrogen-bond donors (Lipinski definition) is 1. The van der Waals surface area contributed by atoms with Gasteiger partial charge in [0, 0.05) is 34.9 Å². The second-order valence-electron chi connectivity index (χ2n) is 8.20. The predicted octanol–water partition coefficient (Wildman–Crippen LogP) is 4.24. The third-order valence-corrected chi connectivity index (χ3v) is 6.41. The maximum absolute atomic E-state index is 14.9. The Balaban J connectivity index is 2.22. The van der Waals surface area contributed by atoms with Gasteiger partial charge in [-0.3, -0.25) is 15.0 Å². The van der Waals surface area contributed by atoms with E-state index in [4.69, 9.17) is 9.73 Å². The van der Waals surface area contributed by atoms with Crippen molar-refractivity contribution in [3.63, 3.8) is 0 Å². The first-order valence-corrected chi connectivity index (χ1v) is 10.3. The maximum atomic E-state index is 14.9. The van der Waals surface area contributed by atoms with Crippen LogP contribution in [0.5, 0.6) is 0 Å². The largest absolute Gasteiger partial charge is 0.465 e. The lowest BCUT2D eigenvalue weighted by molar-refractivity contribution is -0.385. The molecule has 1 aromatic rings. The molecule has 0 spiro atoms. The molecule has 0 saturated carbocycles. The van der Waals surface area contributed by atoms with Gasteiger partial charge in [-0.05, 0) is 33.3 Å². The Bertz CT molecular complexity index is 872. The van der Waals surface area contributed by atoms with Crippen LogP contribution in [0.25, 0.3) is 0 Å². The van der Waals surface area contributed by atoms with Crippen molar-refractivity contribution in [2.75, 3.05) is 12.4 Å². The third-order valence-electron chi connectivity index (χ3n) is 5.35. The van der Waals surface area contributed by atoms with Crippen molar-refractivity contribution >= 4 is 28.7 Å². The highest BCUT2D eigenvalue weighted by Crippen LogP contribution is 2.50. The summed E-state index contributed by atoms with van der Waals surface area (Å²) in [4.78, 5) is 28.5. The average Bonchev–Trinajstić information content (AvgIpc) is 2.99. The zero-order valence-electron chi connectivity index (χ0n) is 16.7. The van der Waals surface area contributed by atoms with E-state index in [1.807, 2.05) is 6.92 Å². The van der Waals surface area contributed by atoms with E-state index in [-0.39, 0.29) is 35.0 Å². The summed E-state index contributed by atoms with van der Waals surface area (Å²) in [6.45, 7) is 7.23. The number of ether oxygens (including phenoxy) is 1. The molecule has 2 aliphatic heterocycles. The molecule has 158 valence electrons. The van der Waals surface area contributed by atoms with Crippen molar-refractivity contribution in [2.24, 2.45) is 10.9 Å². The molecule has 29 heavy (non-hydrogen) atoms. The number of nitrogens with zero attached hydrogens (tertiary/aromatic N) is 3. The summed E-state index contributed by atoms with van der Waals surface area (Å²) < 4.78 is 20.8. The monoisotopic (exact) mass is 425 g/mol. The summed E-state index contributed by atoms with van der Waals surface area (Å²) in [5.41, 5.74) is -2.15. The normalized spacial score (nSPS) is 26.6. The number of fused-ring (bicyclic) bond motifs is 1. The van der Waals surface area contributed by atoms with Crippen LogP contribution in [-0.4, -0.2) is 50.2 Å². The molecular formula is C19H24FN3O5S. The van der Waals surface area contributed by atoms with Crippen LogP contribution in [0.15, 0.2) is 23.2 Å². The zero-order chi connectivity index (χ0) is 21.6. The van der Waals surface area contributed by atoms with Crippen LogP contribution in [-0.2, 0) is 10.3 Å². The predicted molar refractivity (Wildman–Crippen MR) is 108 cm³/mol. The van der Waals surface area contributed by atoms with Gasteiger partial charge in [0.25, 0.3) is 5.69 Å². The molecule has 0 bridgehead atoms. The molecule has 10 heteroatoms. The van der Waals surface area contributed by atoms with Crippen LogP contribution >= 0.6 is 11.8 Å². The van der Waals surface area contributed by atoms with Crippen molar-refractivity contribution in [1.29, 1.82) is 0 Å². The van der Waals surface area contributed by atoms with E-state index < -0.39 is 27.9 Å². The van der Waals surface area contributed by atoms with Gasteiger partial charge in [0.05, 0.1) is 17.6 Å². The van der Waals surface area contributed by atoms with Crippen LogP contribution in [0, 0.1) is 21.8 Å². The van der Waals surface area contributed by atoms with Crippen LogP contribution < -0.4 is 0 Å². The first-order valence-electron chi connectivity index (χ1n) is 9.33. The molecule has 1 amide bonds. The fourth-order valence-electron chi connectivity index (χ4n) is 3.96. The number of hydrogen-bond acceptors (Lipinski definition) is 6. The SMILES string of the molecule is CC[C@@H]1OC[C@@]2(c3cc([N+](=O)[O-])ccc3F)N=C(N(C(=O)O)C(C)(C)C)SC[C@H]12. The van der Waals surface area contributed by atoms with Gasteiger partial charge in [-0.25, -0.2) is 14.2 Å². The van der Waals surface area contributed by atoms with E-state index in [2.05, 4.69) is 0 Å². The number of nitro groups is 1. The summed E-state index contributed by atoms with van der Waals surface area (Å²) in [5, 5.41) is 21.3. The zero-order valence-corrected chi connectivity index (χ0v) is 17.5. The number of nitro benzene ring substituents is 1.